The number of fused-ring (bicyclic) bond motifs is 1. The summed E-state index contributed by atoms with van der Waals surface area (Å²) in [6.07, 6.45) is -3.07. The number of pyridine rings is 1. The third kappa shape index (κ3) is 3.08. The molecular weight excluding hydrogens is 315 g/mol. The van der Waals surface area contributed by atoms with E-state index in [1.54, 1.807) is 0 Å². The fraction of sp³-hybridized carbons (Fsp3) is 0.0625. The number of rotatable bonds is 2. The molecule has 1 heterocycles. The molecule has 118 valence electrons. The van der Waals surface area contributed by atoms with Gasteiger partial charge >= 0.3 is 6.18 Å². The summed E-state index contributed by atoms with van der Waals surface area (Å²) < 4.78 is 64.7. The van der Waals surface area contributed by atoms with E-state index in [9.17, 15) is 22.0 Å². The minimum absolute atomic E-state index is 0.216. The van der Waals surface area contributed by atoms with Crippen LogP contribution in [0.15, 0.2) is 48.7 Å². The molecule has 0 atom stereocenters. The number of benzene rings is 2. The first-order valence-corrected chi connectivity index (χ1v) is 6.52. The first-order chi connectivity index (χ1) is 10.8. The van der Waals surface area contributed by atoms with Crippen molar-refractivity contribution in [2.24, 2.45) is 0 Å². The highest BCUT2D eigenvalue weighted by atomic mass is 19.4. The molecule has 0 fully saturated rings. The molecule has 0 saturated carbocycles. The fourth-order valence-corrected chi connectivity index (χ4v) is 2.16. The zero-order valence-electron chi connectivity index (χ0n) is 11.5. The second-order valence-corrected chi connectivity index (χ2v) is 4.84. The van der Waals surface area contributed by atoms with Gasteiger partial charge in [-0.05, 0) is 36.4 Å². The maximum atomic E-state index is 13.2. The van der Waals surface area contributed by atoms with Gasteiger partial charge in [0.25, 0.3) is 0 Å². The molecule has 3 rings (SSSR count). The second-order valence-electron chi connectivity index (χ2n) is 4.84. The SMILES string of the molecule is Fc1ccc(Nc2ccnc3ccc(C(F)(F)F)cc23)cc1F. The molecular formula is C16H9F5N2. The van der Waals surface area contributed by atoms with Crippen molar-refractivity contribution in [2.75, 3.05) is 5.32 Å². The van der Waals surface area contributed by atoms with Crippen LogP contribution < -0.4 is 5.32 Å². The molecule has 0 aliphatic heterocycles. The Morgan fingerprint density at radius 2 is 1.65 bits per heavy atom. The van der Waals surface area contributed by atoms with Crippen molar-refractivity contribution in [3.8, 4) is 0 Å². The number of aromatic nitrogens is 1. The molecule has 1 aromatic heterocycles. The monoisotopic (exact) mass is 324 g/mol. The third-order valence-corrected chi connectivity index (χ3v) is 3.27. The Morgan fingerprint density at radius 1 is 0.870 bits per heavy atom. The Kier molecular flexibility index (Phi) is 3.63. The van der Waals surface area contributed by atoms with Gasteiger partial charge in [0.05, 0.1) is 11.1 Å². The summed E-state index contributed by atoms with van der Waals surface area (Å²) in [7, 11) is 0. The average molecular weight is 324 g/mol. The number of halogens is 5. The van der Waals surface area contributed by atoms with Crippen LogP contribution in [-0.2, 0) is 6.18 Å². The van der Waals surface area contributed by atoms with Crippen molar-refractivity contribution in [3.05, 3.63) is 65.9 Å². The minimum atomic E-state index is -4.48. The molecule has 23 heavy (non-hydrogen) atoms. The van der Waals surface area contributed by atoms with Gasteiger partial charge in [-0.1, -0.05) is 0 Å². The van der Waals surface area contributed by atoms with Gasteiger partial charge in [-0.25, -0.2) is 8.78 Å². The van der Waals surface area contributed by atoms with Crippen LogP contribution in [0.2, 0.25) is 0 Å². The first kappa shape index (κ1) is 15.2. The van der Waals surface area contributed by atoms with Crippen LogP contribution in [-0.4, -0.2) is 4.98 Å². The van der Waals surface area contributed by atoms with Crippen LogP contribution in [0.3, 0.4) is 0 Å². The maximum absolute atomic E-state index is 13.2. The Hall–Kier alpha value is -2.70. The predicted octanol–water partition coefficient (Wildman–Crippen LogP) is 5.28. The Labute approximate surface area is 127 Å². The first-order valence-electron chi connectivity index (χ1n) is 6.52. The van der Waals surface area contributed by atoms with E-state index in [0.717, 1.165) is 24.3 Å². The van der Waals surface area contributed by atoms with Crippen LogP contribution in [0.5, 0.6) is 0 Å². The van der Waals surface area contributed by atoms with E-state index in [1.807, 2.05) is 0 Å². The van der Waals surface area contributed by atoms with Gasteiger partial charge in [-0.15, -0.1) is 0 Å². The summed E-state index contributed by atoms with van der Waals surface area (Å²) >= 11 is 0. The van der Waals surface area contributed by atoms with Gasteiger partial charge in [0, 0.05) is 29.0 Å². The van der Waals surface area contributed by atoms with E-state index < -0.39 is 23.4 Å². The lowest BCUT2D eigenvalue weighted by Gasteiger charge is -2.12. The van der Waals surface area contributed by atoms with E-state index in [0.29, 0.717) is 11.2 Å². The molecule has 2 aromatic carbocycles. The van der Waals surface area contributed by atoms with Gasteiger partial charge in [-0.3, -0.25) is 4.98 Å². The molecule has 0 spiro atoms. The summed E-state index contributed by atoms with van der Waals surface area (Å²) in [4.78, 5) is 4.00. The molecule has 3 aromatic rings. The van der Waals surface area contributed by atoms with Crippen molar-refractivity contribution in [3.63, 3.8) is 0 Å². The van der Waals surface area contributed by atoms with Crippen molar-refractivity contribution in [2.45, 2.75) is 6.18 Å². The number of anilines is 2. The van der Waals surface area contributed by atoms with E-state index in [-0.39, 0.29) is 11.1 Å². The minimum Gasteiger partial charge on any atom is -0.355 e. The molecule has 0 amide bonds. The van der Waals surface area contributed by atoms with Crippen LogP contribution in [0.1, 0.15) is 5.56 Å². The summed E-state index contributed by atoms with van der Waals surface area (Å²) in [6, 6.07) is 7.77. The fourth-order valence-electron chi connectivity index (χ4n) is 2.16. The van der Waals surface area contributed by atoms with Crippen LogP contribution in [0.25, 0.3) is 10.9 Å². The van der Waals surface area contributed by atoms with Crippen molar-refractivity contribution < 1.29 is 22.0 Å². The quantitative estimate of drug-likeness (QED) is 0.649. The highest BCUT2D eigenvalue weighted by Gasteiger charge is 2.30. The van der Waals surface area contributed by atoms with Gasteiger partial charge in [0.2, 0.25) is 0 Å². The Bertz CT molecular complexity index is 874. The number of nitrogens with one attached hydrogen (secondary N) is 1. The highest BCUT2D eigenvalue weighted by molar-refractivity contribution is 5.93. The van der Waals surface area contributed by atoms with Crippen molar-refractivity contribution in [1.82, 2.24) is 4.98 Å². The van der Waals surface area contributed by atoms with E-state index in [4.69, 9.17) is 0 Å². The molecule has 0 aliphatic rings. The smallest absolute Gasteiger partial charge is 0.355 e. The van der Waals surface area contributed by atoms with E-state index >= 15 is 0 Å². The second kappa shape index (κ2) is 5.49. The van der Waals surface area contributed by atoms with Gasteiger partial charge in [0.15, 0.2) is 11.6 Å². The summed E-state index contributed by atoms with van der Waals surface area (Å²) in [5, 5.41) is 3.01. The molecule has 2 nitrogen and oxygen atoms in total. The van der Waals surface area contributed by atoms with Crippen LogP contribution in [0, 0.1) is 11.6 Å². The van der Waals surface area contributed by atoms with Crippen LogP contribution in [0.4, 0.5) is 33.3 Å². The van der Waals surface area contributed by atoms with Crippen molar-refractivity contribution in [1.29, 1.82) is 0 Å². The number of alkyl halides is 3. The molecule has 7 heteroatoms. The molecule has 0 radical (unpaired) electrons. The summed E-state index contributed by atoms with van der Waals surface area (Å²) in [5.74, 6) is -2.06. The van der Waals surface area contributed by atoms with E-state index in [2.05, 4.69) is 10.3 Å². The van der Waals surface area contributed by atoms with Gasteiger partial charge in [-0.2, -0.15) is 13.2 Å². The molecule has 0 bridgehead atoms. The Morgan fingerprint density at radius 3 is 2.35 bits per heavy atom. The van der Waals surface area contributed by atoms with Crippen molar-refractivity contribution >= 4 is 22.3 Å². The molecule has 0 saturated heterocycles. The van der Waals surface area contributed by atoms with Gasteiger partial charge in [0.1, 0.15) is 0 Å². The third-order valence-electron chi connectivity index (χ3n) is 3.27. The number of nitrogens with zero attached hydrogens (tertiary/aromatic N) is 1. The maximum Gasteiger partial charge on any atom is 0.416 e. The standard InChI is InChI=1S/C16H9F5N2/c17-12-3-2-10(8-13(12)18)23-15-5-6-22-14-4-1-9(7-11(14)15)16(19,20)21/h1-8H,(H,22,23). The lowest BCUT2D eigenvalue weighted by Crippen LogP contribution is -2.05. The summed E-state index contributed by atoms with van der Waals surface area (Å²) in [6.45, 7) is 0. The lowest BCUT2D eigenvalue weighted by atomic mass is 10.1. The molecule has 0 unspecified atom stereocenters. The molecule has 0 aliphatic carbocycles. The lowest BCUT2D eigenvalue weighted by molar-refractivity contribution is -0.137. The largest absolute Gasteiger partial charge is 0.416 e. The summed E-state index contributed by atoms with van der Waals surface area (Å²) in [5.41, 5.74) is 0.0674. The normalized spacial score (nSPS) is 11.7. The van der Waals surface area contributed by atoms with E-state index in [1.165, 1.54) is 24.4 Å². The Balaban J connectivity index is 2.07. The van der Waals surface area contributed by atoms with Crippen LogP contribution >= 0.6 is 0 Å². The topological polar surface area (TPSA) is 24.9 Å². The highest BCUT2D eigenvalue weighted by Crippen LogP contribution is 2.33. The zero-order valence-corrected chi connectivity index (χ0v) is 11.5. The van der Waals surface area contributed by atoms with Gasteiger partial charge < -0.3 is 5.32 Å². The number of hydrogen-bond donors (Lipinski definition) is 1. The molecule has 1 N–H and O–H groups in total. The average Bonchev–Trinajstić information content (AvgIpc) is 2.50. The zero-order chi connectivity index (χ0) is 16.6. The number of hydrogen-bond acceptors (Lipinski definition) is 2. The predicted molar refractivity (Wildman–Crippen MR) is 76.4 cm³/mol.